The summed E-state index contributed by atoms with van der Waals surface area (Å²) in [6.45, 7) is 5.26. The van der Waals surface area contributed by atoms with Crippen molar-refractivity contribution in [3.05, 3.63) is 30.1 Å². The van der Waals surface area contributed by atoms with Gasteiger partial charge in [0.1, 0.15) is 5.82 Å². The second-order valence-corrected chi connectivity index (χ2v) is 5.85. The van der Waals surface area contributed by atoms with Crippen molar-refractivity contribution in [2.45, 2.75) is 65.5 Å². The van der Waals surface area contributed by atoms with Crippen LogP contribution in [-0.4, -0.2) is 15.5 Å². The smallest absolute Gasteiger partial charge is 0.217 e. The van der Waals surface area contributed by atoms with Crippen LogP contribution in [0.2, 0.25) is 0 Å². The molecule has 2 aromatic rings. The SMILES string of the molecule is CCCCCCCCn1c(CNC(C)=O)nc2ccccc21. The van der Waals surface area contributed by atoms with E-state index in [0.717, 1.165) is 29.8 Å². The van der Waals surface area contributed by atoms with Gasteiger partial charge in [-0.15, -0.1) is 0 Å². The fraction of sp³-hybridized carbons (Fsp3) is 0.556. The summed E-state index contributed by atoms with van der Waals surface area (Å²) in [7, 11) is 0. The van der Waals surface area contributed by atoms with E-state index < -0.39 is 0 Å². The van der Waals surface area contributed by atoms with Gasteiger partial charge in [0.15, 0.2) is 0 Å². The number of benzene rings is 1. The van der Waals surface area contributed by atoms with E-state index in [1.807, 2.05) is 18.2 Å². The summed E-state index contributed by atoms with van der Waals surface area (Å²) in [6, 6.07) is 8.19. The zero-order valence-corrected chi connectivity index (χ0v) is 13.8. The molecule has 0 saturated carbocycles. The van der Waals surface area contributed by atoms with Crippen LogP contribution < -0.4 is 5.32 Å². The van der Waals surface area contributed by atoms with Gasteiger partial charge in [0, 0.05) is 13.5 Å². The lowest BCUT2D eigenvalue weighted by atomic mass is 10.1. The Kier molecular flexibility index (Phi) is 6.44. The number of unbranched alkanes of at least 4 members (excludes halogenated alkanes) is 5. The van der Waals surface area contributed by atoms with Gasteiger partial charge in [0.05, 0.1) is 17.6 Å². The Morgan fingerprint density at radius 3 is 2.64 bits per heavy atom. The number of carbonyl (C=O) groups excluding carboxylic acids is 1. The highest BCUT2D eigenvalue weighted by Crippen LogP contribution is 2.17. The van der Waals surface area contributed by atoms with Crippen LogP contribution in [0, 0.1) is 0 Å². The molecule has 0 saturated heterocycles. The molecule has 120 valence electrons. The van der Waals surface area contributed by atoms with Crippen LogP contribution in [0.15, 0.2) is 24.3 Å². The van der Waals surface area contributed by atoms with Crippen LogP contribution in [0.25, 0.3) is 11.0 Å². The summed E-state index contributed by atoms with van der Waals surface area (Å²) in [5.74, 6) is 0.933. The highest BCUT2D eigenvalue weighted by atomic mass is 16.1. The summed E-state index contributed by atoms with van der Waals surface area (Å²) in [6.07, 6.45) is 7.68. The van der Waals surface area contributed by atoms with Crippen molar-refractivity contribution in [2.24, 2.45) is 0 Å². The first-order valence-electron chi connectivity index (χ1n) is 8.41. The minimum absolute atomic E-state index is 0.0156. The number of aromatic nitrogens is 2. The maximum Gasteiger partial charge on any atom is 0.217 e. The maximum absolute atomic E-state index is 11.2. The minimum Gasteiger partial charge on any atom is -0.349 e. The van der Waals surface area contributed by atoms with Gasteiger partial charge in [-0.1, -0.05) is 51.2 Å². The molecule has 4 heteroatoms. The number of fused-ring (bicyclic) bond motifs is 1. The molecule has 0 aliphatic carbocycles. The van der Waals surface area contributed by atoms with Crippen molar-refractivity contribution in [3.8, 4) is 0 Å². The third-order valence-corrected chi connectivity index (χ3v) is 3.96. The van der Waals surface area contributed by atoms with Crippen LogP contribution >= 0.6 is 0 Å². The van der Waals surface area contributed by atoms with Gasteiger partial charge in [0.25, 0.3) is 0 Å². The average Bonchev–Trinajstić information content (AvgIpc) is 2.86. The molecule has 0 spiro atoms. The predicted octanol–water partition coefficient (Wildman–Crippen LogP) is 4.03. The third kappa shape index (κ3) is 4.58. The molecule has 1 heterocycles. The summed E-state index contributed by atoms with van der Waals surface area (Å²) in [5.41, 5.74) is 2.17. The van der Waals surface area contributed by atoms with Crippen LogP contribution in [0.3, 0.4) is 0 Å². The Morgan fingerprint density at radius 2 is 1.86 bits per heavy atom. The first-order chi connectivity index (χ1) is 10.7. The van der Waals surface area contributed by atoms with Gasteiger partial charge in [0.2, 0.25) is 5.91 Å². The molecular formula is C18H27N3O. The fourth-order valence-electron chi connectivity index (χ4n) is 2.76. The van der Waals surface area contributed by atoms with E-state index in [4.69, 9.17) is 0 Å². The molecule has 1 aromatic carbocycles. The van der Waals surface area contributed by atoms with E-state index in [1.165, 1.54) is 32.1 Å². The van der Waals surface area contributed by atoms with E-state index in [1.54, 1.807) is 6.92 Å². The fourth-order valence-corrected chi connectivity index (χ4v) is 2.76. The topological polar surface area (TPSA) is 46.9 Å². The van der Waals surface area contributed by atoms with E-state index in [-0.39, 0.29) is 5.91 Å². The Labute approximate surface area is 132 Å². The molecule has 0 aliphatic rings. The lowest BCUT2D eigenvalue weighted by Crippen LogP contribution is -2.21. The minimum atomic E-state index is -0.0156. The van der Waals surface area contributed by atoms with Crippen LogP contribution in [0.1, 0.15) is 58.2 Å². The summed E-state index contributed by atoms with van der Waals surface area (Å²) in [5, 5.41) is 2.86. The van der Waals surface area contributed by atoms with Crippen molar-refractivity contribution in [2.75, 3.05) is 0 Å². The lowest BCUT2D eigenvalue weighted by Gasteiger charge is -2.09. The zero-order chi connectivity index (χ0) is 15.8. The van der Waals surface area contributed by atoms with E-state index in [9.17, 15) is 4.79 Å². The normalized spacial score (nSPS) is 11.0. The van der Waals surface area contributed by atoms with Crippen molar-refractivity contribution < 1.29 is 4.79 Å². The number of hydrogen-bond donors (Lipinski definition) is 1. The highest BCUT2D eigenvalue weighted by molar-refractivity contribution is 5.76. The van der Waals surface area contributed by atoms with E-state index in [0.29, 0.717) is 6.54 Å². The molecule has 0 bridgehead atoms. The second-order valence-electron chi connectivity index (χ2n) is 5.85. The van der Waals surface area contributed by atoms with Crippen molar-refractivity contribution >= 4 is 16.9 Å². The van der Waals surface area contributed by atoms with Gasteiger partial charge in [-0.25, -0.2) is 4.98 Å². The van der Waals surface area contributed by atoms with Gasteiger partial charge < -0.3 is 9.88 Å². The molecule has 0 aliphatic heterocycles. The Bertz CT molecular complexity index is 603. The number of carbonyl (C=O) groups is 1. The number of aryl methyl sites for hydroxylation is 1. The standard InChI is InChI=1S/C18H27N3O/c1-3-4-5-6-7-10-13-21-17-12-9-8-11-16(17)20-18(21)14-19-15(2)22/h8-9,11-12H,3-7,10,13-14H2,1-2H3,(H,19,22). The second kappa shape index (κ2) is 8.57. The number of imidazole rings is 1. The molecular weight excluding hydrogens is 274 g/mol. The lowest BCUT2D eigenvalue weighted by molar-refractivity contribution is -0.119. The Hall–Kier alpha value is -1.84. The van der Waals surface area contributed by atoms with Gasteiger partial charge in [-0.05, 0) is 18.6 Å². The van der Waals surface area contributed by atoms with Gasteiger partial charge in [-0.2, -0.15) is 0 Å². The van der Waals surface area contributed by atoms with Crippen LogP contribution in [0.4, 0.5) is 0 Å². The number of hydrogen-bond acceptors (Lipinski definition) is 2. The molecule has 1 aromatic heterocycles. The molecule has 0 fully saturated rings. The zero-order valence-electron chi connectivity index (χ0n) is 13.8. The average molecular weight is 301 g/mol. The van der Waals surface area contributed by atoms with Gasteiger partial charge in [-0.3, -0.25) is 4.79 Å². The van der Waals surface area contributed by atoms with Gasteiger partial charge >= 0.3 is 0 Å². The van der Waals surface area contributed by atoms with Crippen molar-refractivity contribution in [1.82, 2.24) is 14.9 Å². The summed E-state index contributed by atoms with van der Waals surface area (Å²) < 4.78 is 2.26. The summed E-state index contributed by atoms with van der Waals surface area (Å²) in [4.78, 5) is 15.8. The van der Waals surface area contributed by atoms with E-state index >= 15 is 0 Å². The highest BCUT2D eigenvalue weighted by Gasteiger charge is 2.10. The molecule has 2 rings (SSSR count). The molecule has 1 N–H and O–H groups in total. The first kappa shape index (κ1) is 16.5. The molecule has 1 amide bonds. The molecule has 0 unspecified atom stereocenters. The number of para-hydroxylation sites is 2. The molecule has 4 nitrogen and oxygen atoms in total. The predicted molar refractivity (Wildman–Crippen MR) is 90.6 cm³/mol. The molecule has 0 atom stereocenters. The number of nitrogens with one attached hydrogen (secondary N) is 1. The number of amides is 1. The third-order valence-electron chi connectivity index (χ3n) is 3.96. The maximum atomic E-state index is 11.2. The number of rotatable bonds is 9. The quantitative estimate of drug-likeness (QED) is 0.711. The van der Waals surface area contributed by atoms with Crippen LogP contribution in [0.5, 0.6) is 0 Å². The van der Waals surface area contributed by atoms with E-state index in [2.05, 4.69) is 27.9 Å². The van der Waals surface area contributed by atoms with Crippen molar-refractivity contribution in [3.63, 3.8) is 0 Å². The largest absolute Gasteiger partial charge is 0.349 e. The van der Waals surface area contributed by atoms with Crippen molar-refractivity contribution in [1.29, 1.82) is 0 Å². The monoisotopic (exact) mass is 301 g/mol. The molecule has 22 heavy (non-hydrogen) atoms. The first-order valence-corrected chi connectivity index (χ1v) is 8.41. The Morgan fingerprint density at radius 1 is 1.14 bits per heavy atom. The number of nitrogens with zero attached hydrogens (tertiary/aromatic N) is 2. The summed E-state index contributed by atoms with van der Waals surface area (Å²) >= 11 is 0. The Balaban J connectivity index is 2.01. The van der Waals surface area contributed by atoms with Crippen LogP contribution in [-0.2, 0) is 17.9 Å². The molecule has 0 radical (unpaired) electrons.